The number of thiophene rings is 1. The molecular weight excluding hydrogens is 463 g/mol. The summed E-state index contributed by atoms with van der Waals surface area (Å²) in [6, 6.07) is 19.5. The molecule has 2 aromatic carbocycles. The van der Waals surface area contributed by atoms with Crippen LogP contribution in [0.15, 0.2) is 84.4 Å². The van der Waals surface area contributed by atoms with Gasteiger partial charge >= 0.3 is 0 Å². The van der Waals surface area contributed by atoms with Crippen LogP contribution in [0.25, 0.3) is 23.0 Å². The Morgan fingerprint density at radius 1 is 0.886 bits per heavy atom. The molecule has 8 heteroatoms. The Balaban J connectivity index is 1.32. The van der Waals surface area contributed by atoms with E-state index in [0.717, 1.165) is 16.8 Å². The molecule has 0 saturated carbocycles. The smallest absolute Gasteiger partial charge is 0.264 e. The molecule has 6 nitrogen and oxygen atoms in total. The summed E-state index contributed by atoms with van der Waals surface area (Å²) < 4.78 is 15.2. The van der Waals surface area contributed by atoms with Crippen LogP contribution < -0.4 is 0 Å². The zero-order valence-corrected chi connectivity index (χ0v) is 19.7. The first-order valence-corrected chi connectivity index (χ1v) is 12.2. The Kier molecular flexibility index (Phi) is 6.54. The van der Waals surface area contributed by atoms with Crippen LogP contribution in [0.3, 0.4) is 0 Å². The predicted octanol–water partition coefficient (Wildman–Crippen LogP) is 4.74. The van der Waals surface area contributed by atoms with Crippen molar-refractivity contribution in [3.8, 4) is 16.9 Å². The monoisotopic (exact) mass is 486 g/mol. The number of hydrogen-bond donors (Lipinski definition) is 0. The van der Waals surface area contributed by atoms with Crippen molar-refractivity contribution in [2.45, 2.75) is 0 Å². The maximum Gasteiger partial charge on any atom is 0.264 e. The quantitative estimate of drug-likeness (QED) is 0.383. The summed E-state index contributed by atoms with van der Waals surface area (Å²) in [5.74, 6) is -0.425. The Labute approximate surface area is 206 Å². The number of aromatic nitrogens is 2. The van der Waals surface area contributed by atoms with E-state index in [9.17, 15) is 14.0 Å². The van der Waals surface area contributed by atoms with Crippen LogP contribution in [0.4, 0.5) is 4.39 Å². The van der Waals surface area contributed by atoms with Crippen molar-refractivity contribution in [1.82, 2.24) is 19.6 Å². The minimum atomic E-state index is -0.319. The molecule has 0 spiro atoms. The molecule has 3 heterocycles. The van der Waals surface area contributed by atoms with Gasteiger partial charge in [0.25, 0.3) is 5.91 Å². The van der Waals surface area contributed by atoms with Crippen LogP contribution in [0.2, 0.25) is 0 Å². The van der Waals surface area contributed by atoms with Crippen molar-refractivity contribution < 1.29 is 14.0 Å². The van der Waals surface area contributed by atoms with E-state index < -0.39 is 0 Å². The second kappa shape index (κ2) is 10.1. The van der Waals surface area contributed by atoms with Gasteiger partial charge in [-0.3, -0.25) is 9.59 Å². The van der Waals surface area contributed by atoms with E-state index >= 15 is 0 Å². The number of rotatable bonds is 5. The molecule has 35 heavy (non-hydrogen) atoms. The third kappa shape index (κ3) is 5.07. The van der Waals surface area contributed by atoms with E-state index in [2.05, 4.69) is 0 Å². The number of carbonyl (C=O) groups is 2. The van der Waals surface area contributed by atoms with Gasteiger partial charge in [-0.2, -0.15) is 5.10 Å². The minimum Gasteiger partial charge on any atom is -0.336 e. The molecule has 5 rings (SSSR count). The van der Waals surface area contributed by atoms with Crippen LogP contribution in [0, 0.1) is 5.82 Å². The van der Waals surface area contributed by atoms with Crippen molar-refractivity contribution in [2.24, 2.45) is 0 Å². The summed E-state index contributed by atoms with van der Waals surface area (Å²) in [5, 5.41) is 6.59. The summed E-state index contributed by atoms with van der Waals surface area (Å²) in [6.07, 6.45) is 5.14. The van der Waals surface area contributed by atoms with Crippen molar-refractivity contribution in [1.29, 1.82) is 0 Å². The van der Waals surface area contributed by atoms with Crippen LogP contribution in [-0.2, 0) is 4.79 Å². The van der Waals surface area contributed by atoms with E-state index in [1.807, 2.05) is 54.0 Å². The lowest BCUT2D eigenvalue weighted by Crippen LogP contribution is -2.50. The van der Waals surface area contributed by atoms with Gasteiger partial charge in [-0.15, -0.1) is 11.3 Å². The fourth-order valence-corrected chi connectivity index (χ4v) is 4.70. The van der Waals surface area contributed by atoms with Gasteiger partial charge in [-0.25, -0.2) is 9.07 Å². The summed E-state index contributed by atoms with van der Waals surface area (Å²) in [5.41, 5.74) is 3.05. The maximum atomic E-state index is 13.5. The third-order valence-electron chi connectivity index (χ3n) is 5.90. The molecule has 0 bridgehead atoms. The number of carbonyl (C=O) groups excluding carboxylic acids is 2. The first-order valence-electron chi connectivity index (χ1n) is 11.3. The molecule has 2 amide bonds. The first-order chi connectivity index (χ1) is 17.1. The average molecular weight is 487 g/mol. The van der Waals surface area contributed by atoms with Gasteiger partial charge < -0.3 is 9.80 Å². The number of para-hydroxylation sites is 1. The van der Waals surface area contributed by atoms with Crippen LogP contribution in [-0.4, -0.2) is 57.6 Å². The van der Waals surface area contributed by atoms with Gasteiger partial charge in [0.05, 0.1) is 16.3 Å². The van der Waals surface area contributed by atoms with Crippen molar-refractivity contribution >= 4 is 29.2 Å². The largest absolute Gasteiger partial charge is 0.336 e. The molecule has 1 aliphatic heterocycles. The third-order valence-corrected chi connectivity index (χ3v) is 6.75. The molecule has 1 fully saturated rings. The first kappa shape index (κ1) is 22.7. The van der Waals surface area contributed by atoms with E-state index in [1.54, 1.807) is 32.7 Å². The van der Waals surface area contributed by atoms with Crippen molar-refractivity contribution in [3.63, 3.8) is 0 Å². The Morgan fingerprint density at radius 2 is 1.60 bits per heavy atom. The van der Waals surface area contributed by atoms with Gasteiger partial charge in [-0.1, -0.05) is 24.3 Å². The molecular formula is C27H23FN4O2S. The molecule has 1 saturated heterocycles. The number of benzene rings is 2. The Bertz CT molecular complexity index is 1340. The molecule has 0 radical (unpaired) electrons. The highest BCUT2D eigenvalue weighted by molar-refractivity contribution is 7.12. The SMILES string of the molecule is O=C(/C=C/c1cn(-c2ccccc2)nc1-c1ccc(F)cc1)N1CCN(C(=O)c2cccs2)CC1. The van der Waals surface area contributed by atoms with Crippen LogP contribution in [0.5, 0.6) is 0 Å². The van der Waals surface area contributed by atoms with Crippen molar-refractivity contribution in [2.75, 3.05) is 26.2 Å². The Morgan fingerprint density at radius 3 is 2.29 bits per heavy atom. The number of nitrogens with zero attached hydrogens (tertiary/aromatic N) is 4. The lowest BCUT2D eigenvalue weighted by molar-refractivity contribution is -0.127. The summed E-state index contributed by atoms with van der Waals surface area (Å²) >= 11 is 1.43. The maximum absolute atomic E-state index is 13.5. The molecule has 0 N–H and O–H groups in total. The highest BCUT2D eigenvalue weighted by Gasteiger charge is 2.24. The second-order valence-electron chi connectivity index (χ2n) is 8.15. The number of hydrogen-bond acceptors (Lipinski definition) is 4. The lowest BCUT2D eigenvalue weighted by atomic mass is 10.1. The fourth-order valence-electron chi connectivity index (χ4n) is 4.01. The molecule has 4 aromatic rings. The fraction of sp³-hybridized carbons (Fsp3) is 0.148. The summed E-state index contributed by atoms with van der Waals surface area (Å²) in [6.45, 7) is 1.97. The predicted molar refractivity (Wildman–Crippen MR) is 135 cm³/mol. The molecule has 1 aliphatic rings. The van der Waals surface area contributed by atoms with Crippen LogP contribution in [0.1, 0.15) is 15.2 Å². The van der Waals surface area contributed by atoms with Gasteiger partial charge in [0.2, 0.25) is 5.91 Å². The topological polar surface area (TPSA) is 58.4 Å². The average Bonchev–Trinajstić information content (AvgIpc) is 3.59. The molecule has 2 aromatic heterocycles. The van der Waals surface area contributed by atoms with Gasteiger partial charge in [-0.05, 0) is 53.9 Å². The van der Waals surface area contributed by atoms with E-state index in [-0.39, 0.29) is 17.6 Å². The zero-order chi connectivity index (χ0) is 24.2. The zero-order valence-electron chi connectivity index (χ0n) is 18.9. The second-order valence-corrected chi connectivity index (χ2v) is 9.10. The molecule has 0 atom stereocenters. The van der Waals surface area contributed by atoms with E-state index in [0.29, 0.717) is 36.8 Å². The van der Waals surface area contributed by atoms with Crippen molar-refractivity contribution in [3.05, 3.63) is 101 Å². The number of amides is 2. The minimum absolute atomic E-state index is 0.0138. The van der Waals surface area contributed by atoms with Gasteiger partial charge in [0.1, 0.15) is 5.82 Å². The van der Waals surface area contributed by atoms with E-state index in [1.165, 1.54) is 29.5 Å². The highest BCUT2D eigenvalue weighted by Crippen LogP contribution is 2.25. The molecule has 0 unspecified atom stereocenters. The molecule has 0 aliphatic carbocycles. The van der Waals surface area contributed by atoms with Crippen LogP contribution >= 0.6 is 11.3 Å². The Hall–Kier alpha value is -4.04. The highest BCUT2D eigenvalue weighted by atomic mass is 32.1. The number of piperazine rings is 1. The summed E-state index contributed by atoms with van der Waals surface area (Å²) in [4.78, 5) is 29.7. The standard InChI is InChI=1S/C27H23FN4O2S/c28-22-11-8-20(9-12-22)26-21(19-32(29-26)23-5-2-1-3-6-23)10-13-25(33)30-14-16-31(17-15-30)27(34)24-7-4-18-35-24/h1-13,18-19H,14-17H2/b13-10+. The normalized spacial score (nSPS) is 14.0. The number of halogens is 1. The lowest BCUT2D eigenvalue weighted by Gasteiger charge is -2.34. The van der Waals surface area contributed by atoms with Gasteiger partial charge in [0, 0.05) is 49.6 Å². The summed E-state index contributed by atoms with van der Waals surface area (Å²) in [7, 11) is 0. The molecule has 176 valence electrons. The van der Waals surface area contributed by atoms with Gasteiger partial charge in [0.15, 0.2) is 0 Å². The van der Waals surface area contributed by atoms with E-state index in [4.69, 9.17) is 5.10 Å².